The maximum atomic E-state index is 11.7. The van der Waals surface area contributed by atoms with E-state index in [0.29, 0.717) is 22.6 Å². The van der Waals surface area contributed by atoms with Gasteiger partial charge in [-0.05, 0) is 12.1 Å². The summed E-state index contributed by atoms with van der Waals surface area (Å²) in [6.07, 6.45) is -0.539. The summed E-state index contributed by atoms with van der Waals surface area (Å²) in [4.78, 5) is 11.7. The molecule has 1 atom stereocenters. The van der Waals surface area contributed by atoms with Crippen LogP contribution in [0.1, 0.15) is 22.2 Å². The van der Waals surface area contributed by atoms with Gasteiger partial charge < -0.3 is 18.9 Å². The Balaban J connectivity index is 2.56. The van der Waals surface area contributed by atoms with Gasteiger partial charge in [0.1, 0.15) is 6.61 Å². The van der Waals surface area contributed by atoms with Gasteiger partial charge in [0.15, 0.2) is 23.6 Å². The minimum atomic E-state index is -0.539. The Morgan fingerprint density at radius 2 is 1.82 bits per heavy atom. The van der Waals surface area contributed by atoms with Crippen molar-refractivity contribution in [3.05, 3.63) is 23.3 Å². The molecule has 1 aliphatic rings. The predicted octanol–water partition coefficient (Wildman–Crippen LogP) is 1.56. The second-order valence-corrected chi connectivity index (χ2v) is 3.60. The van der Waals surface area contributed by atoms with Crippen molar-refractivity contribution in [1.82, 2.24) is 0 Å². The first-order chi connectivity index (χ1) is 8.21. The van der Waals surface area contributed by atoms with Crippen molar-refractivity contribution in [3.63, 3.8) is 0 Å². The predicted molar refractivity (Wildman–Crippen MR) is 59.6 cm³/mol. The molecule has 1 heterocycles. The zero-order valence-corrected chi connectivity index (χ0v) is 9.98. The van der Waals surface area contributed by atoms with Crippen LogP contribution >= 0.6 is 0 Å². The van der Waals surface area contributed by atoms with Crippen LogP contribution in [0.3, 0.4) is 0 Å². The van der Waals surface area contributed by atoms with Gasteiger partial charge in [-0.15, -0.1) is 0 Å². The summed E-state index contributed by atoms with van der Waals surface area (Å²) in [7, 11) is 4.60. The van der Waals surface area contributed by atoms with Gasteiger partial charge in [0.25, 0.3) is 0 Å². The van der Waals surface area contributed by atoms with Crippen molar-refractivity contribution in [3.8, 4) is 11.5 Å². The molecule has 92 valence electrons. The third kappa shape index (κ3) is 1.99. The zero-order valence-electron chi connectivity index (χ0n) is 9.98. The Morgan fingerprint density at radius 1 is 1.18 bits per heavy atom. The fraction of sp³-hybridized carbons (Fsp3) is 0.417. The summed E-state index contributed by atoms with van der Waals surface area (Å²) in [5.41, 5.74) is 1.22. The van der Waals surface area contributed by atoms with Gasteiger partial charge in [-0.3, -0.25) is 4.79 Å². The van der Waals surface area contributed by atoms with Crippen LogP contribution in [0.15, 0.2) is 12.1 Å². The van der Waals surface area contributed by atoms with E-state index in [1.807, 2.05) is 0 Å². The highest BCUT2D eigenvalue weighted by Crippen LogP contribution is 2.36. The molecule has 1 aromatic rings. The van der Waals surface area contributed by atoms with E-state index in [4.69, 9.17) is 18.9 Å². The Hall–Kier alpha value is -1.59. The van der Waals surface area contributed by atoms with Crippen molar-refractivity contribution in [2.45, 2.75) is 6.29 Å². The van der Waals surface area contributed by atoms with Crippen LogP contribution in [0.4, 0.5) is 0 Å². The standard InChI is InChI=1S/C12H14O5/c1-14-10-4-7-8(5-11(10)15-2)12(16-3)17-6-9(7)13/h4-5,12H,6H2,1-3H3. The molecule has 0 bridgehead atoms. The van der Waals surface area contributed by atoms with Crippen LogP contribution in [0, 0.1) is 0 Å². The Bertz CT molecular complexity index is 441. The summed E-state index contributed by atoms with van der Waals surface area (Å²) in [5.74, 6) is 0.984. The molecule has 5 nitrogen and oxygen atoms in total. The van der Waals surface area contributed by atoms with Crippen LogP contribution in [0.25, 0.3) is 0 Å². The monoisotopic (exact) mass is 238 g/mol. The molecule has 0 spiro atoms. The highest BCUT2D eigenvalue weighted by Gasteiger charge is 2.28. The van der Waals surface area contributed by atoms with Gasteiger partial charge in [-0.1, -0.05) is 0 Å². The van der Waals surface area contributed by atoms with E-state index in [2.05, 4.69) is 0 Å². The van der Waals surface area contributed by atoms with E-state index in [0.717, 1.165) is 0 Å². The molecular formula is C12H14O5. The van der Waals surface area contributed by atoms with Gasteiger partial charge in [-0.25, -0.2) is 0 Å². The van der Waals surface area contributed by atoms with Crippen molar-refractivity contribution in [1.29, 1.82) is 0 Å². The fourth-order valence-corrected chi connectivity index (χ4v) is 1.85. The van der Waals surface area contributed by atoms with E-state index in [1.165, 1.54) is 21.3 Å². The van der Waals surface area contributed by atoms with E-state index in [1.54, 1.807) is 12.1 Å². The summed E-state index contributed by atoms with van der Waals surface area (Å²) >= 11 is 0. The molecule has 1 aromatic carbocycles. The lowest BCUT2D eigenvalue weighted by Gasteiger charge is -2.25. The lowest BCUT2D eigenvalue weighted by atomic mass is 10.00. The molecule has 0 saturated heterocycles. The Kier molecular flexibility index (Phi) is 3.31. The number of methoxy groups -OCH3 is 3. The quantitative estimate of drug-likeness (QED) is 0.799. The normalized spacial score (nSPS) is 18.8. The van der Waals surface area contributed by atoms with Crippen LogP contribution in [0.5, 0.6) is 11.5 Å². The SMILES string of the molecule is COc1cc2c(cc1OC)C(OC)OCC2=O. The molecule has 0 aromatic heterocycles. The van der Waals surface area contributed by atoms with E-state index in [-0.39, 0.29) is 12.4 Å². The molecule has 17 heavy (non-hydrogen) atoms. The number of benzene rings is 1. The van der Waals surface area contributed by atoms with E-state index in [9.17, 15) is 4.79 Å². The third-order valence-electron chi connectivity index (χ3n) is 2.69. The molecule has 2 rings (SSSR count). The molecule has 0 saturated carbocycles. The molecular weight excluding hydrogens is 224 g/mol. The second-order valence-electron chi connectivity index (χ2n) is 3.60. The number of ether oxygens (including phenoxy) is 4. The first-order valence-corrected chi connectivity index (χ1v) is 5.14. The third-order valence-corrected chi connectivity index (χ3v) is 2.69. The van der Waals surface area contributed by atoms with Gasteiger partial charge in [0.2, 0.25) is 0 Å². The largest absolute Gasteiger partial charge is 0.493 e. The number of carbonyl (C=O) groups is 1. The molecule has 5 heteroatoms. The van der Waals surface area contributed by atoms with Crippen LogP contribution in [0.2, 0.25) is 0 Å². The number of rotatable bonds is 3. The first-order valence-electron chi connectivity index (χ1n) is 5.14. The van der Waals surface area contributed by atoms with Crippen molar-refractivity contribution < 1.29 is 23.7 Å². The number of hydrogen-bond donors (Lipinski definition) is 0. The number of fused-ring (bicyclic) bond motifs is 1. The summed E-state index contributed by atoms with van der Waals surface area (Å²) < 4.78 is 20.8. The Morgan fingerprint density at radius 3 is 2.41 bits per heavy atom. The summed E-state index contributed by atoms with van der Waals surface area (Å²) in [6, 6.07) is 3.37. The molecule has 0 N–H and O–H groups in total. The first kappa shape index (κ1) is 11.9. The molecule has 0 radical (unpaired) electrons. The number of hydrogen-bond acceptors (Lipinski definition) is 5. The van der Waals surface area contributed by atoms with E-state index >= 15 is 0 Å². The number of ketones is 1. The van der Waals surface area contributed by atoms with Gasteiger partial charge >= 0.3 is 0 Å². The molecule has 1 unspecified atom stereocenters. The second kappa shape index (κ2) is 4.73. The average Bonchev–Trinajstić information content (AvgIpc) is 2.38. The lowest BCUT2D eigenvalue weighted by Crippen LogP contribution is -2.23. The molecule has 0 amide bonds. The topological polar surface area (TPSA) is 54.0 Å². The highest BCUT2D eigenvalue weighted by molar-refractivity contribution is 6.00. The minimum absolute atomic E-state index is 0.0149. The molecule has 0 fully saturated rings. The maximum absolute atomic E-state index is 11.7. The number of Topliss-reactive ketones (excluding diaryl/α,β-unsaturated/α-hetero) is 1. The zero-order chi connectivity index (χ0) is 12.4. The van der Waals surface area contributed by atoms with Gasteiger partial charge in [0, 0.05) is 18.2 Å². The summed E-state index contributed by atoms with van der Waals surface area (Å²) in [5, 5.41) is 0. The van der Waals surface area contributed by atoms with Crippen molar-refractivity contribution in [2.24, 2.45) is 0 Å². The maximum Gasteiger partial charge on any atom is 0.189 e. The van der Waals surface area contributed by atoms with Crippen molar-refractivity contribution >= 4 is 5.78 Å². The van der Waals surface area contributed by atoms with E-state index < -0.39 is 6.29 Å². The highest BCUT2D eigenvalue weighted by atomic mass is 16.7. The molecule has 1 aliphatic heterocycles. The van der Waals surface area contributed by atoms with Crippen LogP contribution in [-0.4, -0.2) is 33.7 Å². The van der Waals surface area contributed by atoms with Crippen LogP contribution in [-0.2, 0) is 9.47 Å². The Labute approximate surface area is 99.2 Å². The average molecular weight is 238 g/mol. The smallest absolute Gasteiger partial charge is 0.189 e. The molecule has 0 aliphatic carbocycles. The van der Waals surface area contributed by atoms with Crippen molar-refractivity contribution in [2.75, 3.05) is 27.9 Å². The van der Waals surface area contributed by atoms with Gasteiger partial charge in [0.05, 0.1) is 14.2 Å². The fourth-order valence-electron chi connectivity index (χ4n) is 1.85. The van der Waals surface area contributed by atoms with Gasteiger partial charge in [-0.2, -0.15) is 0 Å². The summed E-state index contributed by atoms with van der Waals surface area (Å²) in [6.45, 7) is 0.0149. The van der Waals surface area contributed by atoms with Crippen LogP contribution < -0.4 is 9.47 Å². The minimum Gasteiger partial charge on any atom is -0.493 e. The lowest BCUT2D eigenvalue weighted by molar-refractivity contribution is -0.124. The number of carbonyl (C=O) groups excluding carboxylic acids is 1.